The van der Waals surface area contributed by atoms with Crippen molar-refractivity contribution in [2.45, 2.75) is 25.4 Å². The Morgan fingerprint density at radius 2 is 1.40 bits per heavy atom. The average molecular weight is 380 g/mol. The summed E-state index contributed by atoms with van der Waals surface area (Å²) in [6.07, 6.45) is 1.99. The van der Waals surface area contributed by atoms with Gasteiger partial charge in [0.15, 0.2) is 0 Å². The number of nitrogens with zero attached hydrogens (tertiary/aromatic N) is 1. The second kappa shape index (κ2) is 8.31. The fourth-order valence-electron chi connectivity index (χ4n) is 2.96. The molecule has 0 atom stereocenters. The van der Waals surface area contributed by atoms with E-state index in [2.05, 4.69) is 11.8 Å². The van der Waals surface area contributed by atoms with Gasteiger partial charge in [-0.05, 0) is 68.3 Å². The predicted molar refractivity (Wildman–Crippen MR) is 103 cm³/mol. The molecule has 5 heteroatoms. The number of likely N-dealkylation sites (tertiary alicyclic amines) is 1. The molecular weight excluding hydrogens is 357 g/mol. The Labute approximate surface area is 159 Å². The molecule has 0 unspecified atom stereocenters. The van der Waals surface area contributed by atoms with Crippen LogP contribution in [0.3, 0.4) is 0 Å². The summed E-state index contributed by atoms with van der Waals surface area (Å²) in [7, 11) is 0. The van der Waals surface area contributed by atoms with E-state index < -0.39 is 0 Å². The van der Waals surface area contributed by atoms with Crippen molar-refractivity contribution in [3.63, 3.8) is 0 Å². The van der Waals surface area contributed by atoms with Gasteiger partial charge in [-0.3, -0.25) is 4.90 Å². The summed E-state index contributed by atoms with van der Waals surface area (Å²) < 4.78 is 12.0. The zero-order valence-corrected chi connectivity index (χ0v) is 15.9. The lowest BCUT2D eigenvalue weighted by atomic mass is 9.93. The normalized spacial score (nSPS) is 17.2. The molecule has 0 bridgehead atoms. The lowest BCUT2D eigenvalue weighted by molar-refractivity contribution is 0.0135. The topological polar surface area (TPSA) is 21.7 Å². The Morgan fingerprint density at radius 3 is 1.96 bits per heavy atom. The summed E-state index contributed by atoms with van der Waals surface area (Å²) in [5.41, 5.74) is -0.124. The molecule has 0 N–H and O–H groups in total. The molecule has 3 rings (SSSR count). The van der Waals surface area contributed by atoms with Crippen molar-refractivity contribution in [2.75, 3.05) is 26.2 Å². The van der Waals surface area contributed by atoms with Gasteiger partial charge in [-0.2, -0.15) is 0 Å². The molecule has 1 fully saturated rings. The van der Waals surface area contributed by atoms with Gasteiger partial charge in [-0.25, -0.2) is 0 Å². The highest BCUT2D eigenvalue weighted by molar-refractivity contribution is 6.30. The smallest absolute Gasteiger partial charge is 0.120 e. The van der Waals surface area contributed by atoms with Crippen LogP contribution in [0.5, 0.6) is 11.5 Å². The fourth-order valence-corrected chi connectivity index (χ4v) is 3.21. The predicted octanol–water partition coefficient (Wildman–Crippen LogP) is 5.31. The van der Waals surface area contributed by atoms with Gasteiger partial charge in [0.2, 0.25) is 0 Å². The maximum absolute atomic E-state index is 6.20. The van der Waals surface area contributed by atoms with Crippen molar-refractivity contribution in [1.82, 2.24) is 4.90 Å². The van der Waals surface area contributed by atoms with Crippen LogP contribution < -0.4 is 9.47 Å². The van der Waals surface area contributed by atoms with E-state index in [1.165, 1.54) is 0 Å². The molecule has 25 heavy (non-hydrogen) atoms. The number of halogens is 2. The minimum Gasteiger partial charge on any atom is -0.492 e. The van der Waals surface area contributed by atoms with Crippen molar-refractivity contribution in [2.24, 2.45) is 0 Å². The van der Waals surface area contributed by atoms with E-state index in [9.17, 15) is 0 Å². The van der Waals surface area contributed by atoms with Crippen molar-refractivity contribution in [1.29, 1.82) is 0 Å². The molecule has 2 aromatic rings. The number of piperidine rings is 1. The largest absolute Gasteiger partial charge is 0.492 e. The zero-order valence-electron chi connectivity index (χ0n) is 14.4. The number of benzene rings is 2. The first-order chi connectivity index (χ1) is 12.0. The maximum Gasteiger partial charge on any atom is 0.120 e. The minimum absolute atomic E-state index is 0.124. The van der Waals surface area contributed by atoms with Crippen molar-refractivity contribution >= 4 is 23.2 Å². The van der Waals surface area contributed by atoms with E-state index in [4.69, 9.17) is 32.7 Å². The summed E-state index contributed by atoms with van der Waals surface area (Å²) in [6.45, 7) is 5.79. The monoisotopic (exact) mass is 379 g/mol. The van der Waals surface area contributed by atoms with Crippen molar-refractivity contribution < 1.29 is 9.47 Å². The molecule has 0 saturated carbocycles. The molecule has 2 aromatic carbocycles. The number of rotatable bonds is 6. The highest BCUT2D eigenvalue weighted by Gasteiger charge is 2.31. The molecule has 1 heterocycles. The first-order valence-electron chi connectivity index (χ1n) is 8.58. The summed E-state index contributed by atoms with van der Waals surface area (Å²) >= 11 is 11.8. The molecule has 0 amide bonds. The Kier molecular flexibility index (Phi) is 6.10. The van der Waals surface area contributed by atoms with Crippen LogP contribution in [0.2, 0.25) is 10.0 Å². The number of ether oxygens (including phenoxy) is 2. The van der Waals surface area contributed by atoms with E-state index in [1.807, 2.05) is 48.5 Å². The van der Waals surface area contributed by atoms with Crippen LogP contribution in [-0.4, -0.2) is 36.7 Å². The van der Waals surface area contributed by atoms with Crippen LogP contribution in [0.4, 0.5) is 0 Å². The van der Waals surface area contributed by atoms with Gasteiger partial charge in [-0.1, -0.05) is 23.2 Å². The van der Waals surface area contributed by atoms with Crippen LogP contribution in [0.15, 0.2) is 48.5 Å². The molecule has 1 aliphatic rings. The number of hydrogen-bond donors (Lipinski definition) is 0. The average Bonchev–Trinajstić information content (AvgIpc) is 2.61. The Morgan fingerprint density at radius 1 is 0.880 bits per heavy atom. The van der Waals surface area contributed by atoms with Gasteiger partial charge in [0.1, 0.15) is 23.7 Å². The third-order valence-electron chi connectivity index (χ3n) is 4.58. The van der Waals surface area contributed by atoms with Gasteiger partial charge in [0, 0.05) is 29.7 Å². The highest BCUT2D eigenvalue weighted by atomic mass is 35.5. The maximum atomic E-state index is 6.20. The molecule has 3 nitrogen and oxygen atoms in total. The molecule has 0 aromatic heterocycles. The van der Waals surface area contributed by atoms with Gasteiger partial charge in [0.25, 0.3) is 0 Å². The third kappa shape index (κ3) is 5.53. The van der Waals surface area contributed by atoms with E-state index in [1.54, 1.807) is 0 Å². The van der Waals surface area contributed by atoms with Crippen LogP contribution in [0.25, 0.3) is 0 Å². The number of hydrogen-bond acceptors (Lipinski definition) is 3. The van der Waals surface area contributed by atoms with Gasteiger partial charge in [0.05, 0.1) is 0 Å². The second-order valence-corrected chi connectivity index (χ2v) is 7.52. The molecule has 0 spiro atoms. The van der Waals surface area contributed by atoms with E-state index in [-0.39, 0.29) is 5.60 Å². The summed E-state index contributed by atoms with van der Waals surface area (Å²) in [6, 6.07) is 15.1. The van der Waals surface area contributed by atoms with Gasteiger partial charge >= 0.3 is 0 Å². The van der Waals surface area contributed by atoms with Crippen LogP contribution >= 0.6 is 23.2 Å². The Hall–Kier alpha value is -1.42. The quantitative estimate of drug-likeness (QED) is 0.678. The van der Waals surface area contributed by atoms with Crippen molar-refractivity contribution in [3.8, 4) is 11.5 Å². The van der Waals surface area contributed by atoms with E-state index >= 15 is 0 Å². The standard InChI is InChI=1S/C20H23Cl2NO2/c1-20(25-19-8-4-17(22)5-9-19)10-12-23(13-11-20)14-15-24-18-6-2-16(21)3-7-18/h2-9H,10-15H2,1H3. The first kappa shape index (κ1) is 18.4. The van der Waals surface area contributed by atoms with Gasteiger partial charge in [-0.15, -0.1) is 0 Å². The zero-order chi connectivity index (χ0) is 17.7. The van der Waals surface area contributed by atoms with Crippen molar-refractivity contribution in [3.05, 3.63) is 58.6 Å². The minimum atomic E-state index is -0.124. The molecule has 0 radical (unpaired) electrons. The summed E-state index contributed by atoms with van der Waals surface area (Å²) in [5, 5.41) is 1.45. The lowest BCUT2D eigenvalue weighted by Gasteiger charge is -2.39. The Balaban J connectivity index is 1.41. The van der Waals surface area contributed by atoms with E-state index in [0.29, 0.717) is 6.61 Å². The second-order valence-electron chi connectivity index (χ2n) is 6.65. The molecule has 0 aliphatic carbocycles. The van der Waals surface area contributed by atoms with Gasteiger partial charge < -0.3 is 9.47 Å². The SMILES string of the molecule is CC1(Oc2ccc(Cl)cc2)CCN(CCOc2ccc(Cl)cc2)CC1. The third-order valence-corrected chi connectivity index (χ3v) is 5.09. The molecule has 1 saturated heterocycles. The Bertz CT molecular complexity index is 665. The van der Waals surface area contributed by atoms with Crippen LogP contribution in [0, 0.1) is 0 Å². The lowest BCUT2D eigenvalue weighted by Crippen LogP contribution is -2.47. The molecular formula is C20H23Cl2NO2. The van der Waals surface area contributed by atoms with E-state index in [0.717, 1.165) is 54.0 Å². The van der Waals surface area contributed by atoms with Crippen LogP contribution in [-0.2, 0) is 0 Å². The highest BCUT2D eigenvalue weighted by Crippen LogP contribution is 2.29. The first-order valence-corrected chi connectivity index (χ1v) is 9.33. The summed E-state index contributed by atoms with van der Waals surface area (Å²) in [5.74, 6) is 1.74. The summed E-state index contributed by atoms with van der Waals surface area (Å²) in [4.78, 5) is 2.42. The molecule has 134 valence electrons. The fraction of sp³-hybridized carbons (Fsp3) is 0.400. The van der Waals surface area contributed by atoms with Crippen LogP contribution in [0.1, 0.15) is 19.8 Å². The molecule has 1 aliphatic heterocycles.